The van der Waals surface area contributed by atoms with Crippen molar-refractivity contribution in [1.82, 2.24) is 0 Å². The number of thioether (sulfide) groups is 1. The summed E-state index contributed by atoms with van der Waals surface area (Å²) in [6, 6.07) is 22.9. The molecule has 158 valence electrons. The highest BCUT2D eigenvalue weighted by atomic mass is 32.2. The van der Waals surface area contributed by atoms with E-state index < -0.39 is 0 Å². The van der Waals surface area contributed by atoms with Gasteiger partial charge in [-0.05, 0) is 60.0 Å². The third-order valence-electron chi connectivity index (χ3n) is 5.28. The molecule has 1 N–H and O–H groups in total. The predicted molar refractivity (Wildman–Crippen MR) is 126 cm³/mol. The van der Waals surface area contributed by atoms with Gasteiger partial charge in [-0.3, -0.25) is 14.5 Å². The number of carbonyl (C=O) groups excluding carboxylic acids is 2. The van der Waals surface area contributed by atoms with Crippen LogP contribution in [0.1, 0.15) is 33.8 Å². The third kappa shape index (κ3) is 4.59. The van der Waals surface area contributed by atoms with Crippen LogP contribution < -0.4 is 15.0 Å². The van der Waals surface area contributed by atoms with Gasteiger partial charge in [-0.25, -0.2) is 0 Å². The van der Waals surface area contributed by atoms with Gasteiger partial charge in [0.1, 0.15) is 11.1 Å². The van der Waals surface area contributed by atoms with Gasteiger partial charge in [0.05, 0.1) is 12.9 Å². The van der Waals surface area contributed by atoms with Crippen molar-refractivity contribution in [1.29, 1.82) is 0 Å². The maximum absolute atomic E-state index is 12.6. The Morgan fingerprint density at radius 1 is 1.10 bits per heavy atom. The van der Waals surface area contributed by atoms with Crippen molar-refractivity contribution in [3.63, 3.8) is 0 Å². The van der Waals surface area contributed by atoms with E-state index in [0.717, 1.165) is 17.7 Å². The van der Waals surface area contributed by atoms with E-state index in [9.17, 15) is 9.59 Å². The van der Waals surface area contributed by atoms with Gasteiger partial charge in [-0.1, -0.05) is 37.3 Å². The van der Waals surface area contributed by atoms with Crippen LogP contribution in [-0.2, 0) is 11.2 Å². The van der Waals surface area contributed by atoms with Gasteiger partial charge >= 0.3 is 0 Å². The van der Waals surface area contributed by atoms with Crippen LogP contribution in [0.25, 0.3) is 0 Å². The molecule has 1 aliphatic heterocycles. The summed E-state index contributed by atoms with van der Waals surface area (Å²) in [5.41, 5.74) is 4.41. The van der Waals surface area contributed by atoms with Gasteiger partial charge in [0, 0.05) is 16.9 Å². The Bertz CT molecular complexity index is 1080. The molecule has 0 saturated carbocycles. The van der Waals surface area contributed by atoms with Crippen LogP contribution in [0.2, 0.25) is 0 Å². The lowest BCUT2D eigenvalue weighted by atomic mass is 10.1. The molecule has 1 saturated heterocycles. The van der Waals surface area contributed by atoms with E-state index >= 15 is 0 Å². The molecular formula is C25H24N2O3S. The Balaban J connectivity index is 1.50. The van der Waals surface area contributed by atoms with Gasteiger partial charge in [0.2, 0.25) is 5.91 Å². The van der Waals surface area contributed by atoms with E-state index in [1.807, 2.05) is 41.3 Å². The Kier molecular flexibility index (Phi) is 6.28. The zero-order valence-corrected chi connectivity index (χ0v) is 18.3. The lowest BCUT2D eigenvalue weighted by molar-refractivity contribution is -0.115. The summed E-state index contributed by atoms with van der Waals surface area (Å²) in [7, 11) is 1.57. The predicted octanol–water partition coefficient (Wildman–Crippen LogP) is 5.29. The molecule has 6 heteroatoms. The normalized spacial score (nSPS) is 15.7. The fourth-order valence-corrected chi connectivity index (χ4v) is 4.72. The number of anilines is 2. The average molecular weight is 433 g/mol. The molecule has 1 heterocycles. The molecule has 31 heavy (non-hydrogen) atoms. The molecule has 0 spiro atoms. The van der Waals surface area contributed by atoms with Crippen molar-refractivity contribution >= 4 is 35.0 Å². The molecule has 0 radical (unpaired) electrons. The number of ether oxygens (including phenoxy) is 1. The fraction of sp³-hybridized carbons (Fsp3) is 0.200. The molecule has 0 unspecified atom stereocenters. The molecule has 1 aliphatic rings. The molecule has 0 bridgehead atoms. The van der Waals surface area contributed by atoms with Crippen LogP contribution in [-0.4, -0.2) is 24.7 Å². The van der Waals surface area contributed by atoms with Crippen LogP contribution in [0, 0.1) is 0 Å². The van der Waals surface area contributed by atoms with E-state index in [-0.39, 0.29) is 17.2 Å². The molecular weight excluding hydrogens is 408 g/mol. The fourth-order valence-electron chi connectivity index (χ4n) is 3.54. The molecule has 0 aromatic heterocycles. The van der Waals surface area contributed by atoms with Crippen LogP contribution >= 0.6 is 11.8 Å². The monoisotopic (exact) mass is 432 g/mol. The summed E-state index contributed by atoms with van der Waals surface area (Å²) >= 11 is 1.61. The lowest BCUT2D eigenvalue weighted by Crippen LogP contribution is -2.27. The van der Waals surface area contributed by atoms with Crippen molar-refractivity contribution in [2.45, 2.75) is 18.7 Å². The van der Waals surface area contributed by atoms with E-state index in [2.05, 4.69) is 24.4 Å². The van der Waals surface area contributed by atoms with Crippen molar-refractivity contribution < 1.29 is 14.3 Å². The van der Waals surface area contributed by atoms with Crippen molar-refractivity contribution in [3.8, 4) is 5.75 Å². The standard InChI is InChI=1S/C25H24N2O3S/c1-3-17-7-13-21(14-8-17)27-23(28)16-31-25(27)18-9-11-20(12-10-18)26-24(29)19-5-4-6-22(15-19)30-2/h4-15,25H,3,16H2,1-2H3,(H,26,29)/t25-/m0/s1. The minimum atomic E-state index is -0.199. The van der Waals surface area contributed by atoms with E-state index in [0.29, 0.717) is 22.8 Å². The third-order valence-corrected chi connectivity index (χ3v) is 6.49. The molecule has 5 nitrogen and oxygen atoms in total. The second-order valence-electron chi connectivity index (χ2n) is 7.26. The van der Waals surface area contributed by atoms with Crippen LogP contribution in [0.15, 0.2) is 72.8 Å². The largest absolute Gasteiger partial charge is 0.497 e. The number of hydrogen-bond acceptors (Lipinski definition) is 4. The van der Waals surface area contributed by atoms with Crippen molar-refractivity contribution in [2.24, 2.45) is 0 Å². The van der Waals surface area contributed by atoms with E-state index in [1.54, 1.807) is 43.1 Å². The molecule has 3 aromatic carbocycles. The highest BCUT2D eigenvalue weighted by molar-refractivity contribution is 8.00. The number of nitrogens with one attached hydrogen (secondary N) is 1. The molecule has 1 fully saturated rings. The topological polar surface area (TPSA) is 58.6 Å². The van der Waals surface area contributed by atoms with Crippen LogP contribution in [0.5, 0.6) is 5.75 Å². The Morgan fingerprint density at radius 2 is 1.84 bits per heavy atom. The Labute approximate surface area is 186 Å². The molecule has 1 atom stereocenters. The zero-order chi connectivity index (χ0) is 21.8. The number of amides is 2. The number of aryl methyl sites for hydroxylation is 1. The Hall–Kier alpha value is -3.25. The summed E-state index contributed by atoms with van der Waals surface area (Å²) in [6.45, 7) is 2.11. The number of methoxy groups -OCH3 is 1. The zero-order valence-electron chi connectivity index (χ0n) is 17.5. The summed E-state index contributed by atoms with van der Waals surface area (Å²) in [5, 5.41) is 2.83. The van der Waals surface area contributed by atoms with E-state index in [1.165, 1.54) is 5.56 Å². The number of carbonyl (C=O) groups is 2. The van der Waals surface area contributed by atoms with Gasteiger partial charge < -0.3 is 10.1 Å². The van der Waals surface area contributed by atoms with Crippen molar-refractivity contribution in [3.05, 3.63) is 89.5 Å². The maximum Gasteiger partial charge on any atom is 0.255 e. The van der Waals surface area contributed by atoms with Crippen LogP contribution in [0.4, 0.5) is 11.4 Å². The summed E-state index contributed by atoms with van der Waals surface area (Å²) in [6.07, 6.45) is 0.968. The number of benzene rings is 3. The first-order valence-corrected chi connectivity index (χ1v) is 11.2. The number of hydrogen-bond donors (Lipinski definition) is 1. The number of nitrogens with zero attached hydrogens (tertiary/aromatic N) is 1. The minimum absolute atomic E-state index is 0.0805. The number of rotatable bonds is 6. The summed E-state index contributed by atoms with van der Waals surface area (Å²) in [5.74, 6) is 0.997. The Morgan fingerprint density at radius 3 is 2.52 bits per heavy atom. The van der Waals surface area contributed by atoms with Crippen LogP contribution in [0.3, 0.4) is 0 Å². The molecule has 3 aromatic rings. The van der Waals surface area contributed by atoms with Gasteiger partial charge in [0.15, 0.2) is 0 Å². The second kappa shape index (κ2) is 9.27. The smallest absolute Gasteiger partial charge is 0.255 e. The first kappa shape index (κ1) is 21.0. The molecule has 4 rings (SSSR count). The summed E-state index contributed by atoms with van der Waals surface area (Å²) in [4.78, 5) is 27.0. The average Bonchev–Trinajstić information content (AvgIpc) is 3.21. The van der Waals surface area contributed by atoms with Crippen molar-refractivity contribution in [2.75, 3.05) is 23.1 Å². The maximum atomic E-state index is 12.6. The highest BCUT2D eigenvalue weighted by Crippen LogP contribution is 2.42. The first-order chi connectivity index (χ1) is 15.1. The highest BCUT2D eigenvalue weighted by Gasteiger charge is 2.33. The second-order valence-corrected chi connectivity index (χ2v) is 8.32. The van der Waals surface area contributed by atoms with Gasteiger partial charge in [-0.2, -0.15) is 0 Å². The SMILES string of the molecule is CCc1ccc(N2C(=O)CS[C@H]2c2ccc(NC(=O)c3cccc(OC)c3)cc2)cc1. The van der Waals surface area contributed by atoms with Gasteiger partial charge in [-0.15, -0.1) is 11.8 Å². The lowest BCUT2D eigenvalue weighted by Gasteiger charge is -2.24. The first-order valence-electron chi connectivity index (χ1n) is 10.2. The molecule has 2 amide bonds. The van der Waals surface area contributed by atoms with E-state index in [4.69, 9.17) is 4.74 Å². The van der Waals surface area contributed by atoms with Gasteiger partial charge in [0.25, 0.3) is 5.91 Å². The quantitative estimate of drug-likeness (QED) is 0.575. The summed E-state index contributed by atoms with van der Waals surface area (Å²) < 4.78 is 5.18. The molecule has 0 aliphatic carbocycles. The minimum Gasteiger partial charge on any atom is -0.497 e.